The summed E-state index contributed by atoms with van der Waals surface area (Å²) in [6.07, 6.45) is 2.49. The number of benzene rings is 1. The van der Waals surface area contributed by atoms with E-state index in [1.54, 1.807) is 0 Å². The predicted octanol–water partition coefficient (Wildman–Crippen LogP) is 3.68. The average molecular weight is 411 g/mol. The third kappa shape index (κ3) is 2.38. The topological polar surface area (TPSA) is 107 Å². The minimum Gasteiger partial charge on any atom is -0.467 e. The molecule has 4 aromatic rings. The van der Waals surface area contributed by atoms with Crippen LogP contribution in [0.25, 0.3) is 32.2 Å². The zero-order valence-corrected chi connectivity index (χ0v) is 15.7. The first-order valence-electron chi connectivity index (χ1n) is 8.43. The molecule has 7 nitrogen and oxygen atoms in total. The molecule has 4 heterocycles. The molecule has 1 aliphatic heterocycles. The number of hydrogen-bond acceptors (Lipinski definition) is 8. The number of hydrogen-bond donors (Lipinski definition) is 1. The number of ether oxygens (including phenoxy) is 2. The zero-order valence-electron chi connectivity index (χ0n) is 14.9. The average Bonchev–Trinajstić information content (AvgIpc) is 3.34. The molecule has 10 heteroatoms. The van der Waals surface area contributed by atoms with Gasteiger partial charge in [-0.1, -0.05) is 0 Å². The van der Waals surface area contributed by atoms with Crippen LogP contribution in [0.1, 0.15) is 16.7 Å². The van der Waals surface area contributed by atoms with E-state index in [0.717, 1.165) is 23.1 Å². The Hall–Kier alpha value is -3.42. The number of rotatable bonds is 2. The van der Waals surface area contributed by atoms with Crippen molar-refractivity contribution in [3.63, 3.8) is 0 Å². The molecular weight excluding hydrogens is 400 g/mol. The van der Waals surface area contributed by atoms with E-state index in [9.17, 15) is 9.65 Å². The van der Waals surface area contributed by atoms with Gasteiger partial charge < -0.3 is 15.2 Å². The highest BCUT2D eigenvalue weighted by Crippen LogP contribution is 2.44. The standard InChI is InChI=1S/C19H11F2N5O2S/c1-27-19-25-3-8-9-5-28-6-10(9)12(14(21)15(8)26-19)16-13-7(2-22)18(23)29-17(13)11(20)4-24-16/h3-4H,5-6,23H2,1H3. The van der Waals surface area contributed by atoms with Gasteiger partial charge in [0.1, 0.15) is 16.6 Å². The van der Waals surface area contributed by atoms with Gasteiger partial charge in [-0.25, -0.2) is 13.8 Å². The van der Waals surface area contributed by atoms with Crippen molar-refractivity contribution < 1.29 is 18.3 Å². The second kappa shape index (κ2) is 6.30. The van der Waals surface area contributed by atoms with Crippen molar-refractivity contribution in [1.82, 2.24) is 15.0 Å². The highest BCUT2D eigenvalue weighted by Gasteiger charge is 2.29. The molecule has 144 valence electrons. The maximum Gasteiger partial charge on any atom is 0.316 e. The van der Waals surface area contributed by atoms with Gasteiger partial charge in [-0.2, -0.15) is 10.2 Å². The molecule has 0 unspecified atom stereocenters. The second-order valence-electron chi connectivity index (χ2n) is 6.37. The lowest BCUT2D eigenvalue weighted by Crippen LogP contribution is -2.02. The molecule has 0 amide bonds. The Kier molecular flexibility index (Phi) is 3.84. The highest BCUT2D eigenvalue weighted by atomic mass is 32.1. The molecule has 1 aromatic carbocycles. The number of nitrogens with two attached hydrogens (primary N) is 1. The quantitative estimate of drug-likeness (QED) is 0.536. The number of thiophene rings is 1. The van der Waals surface area contributed by atoms with E-state index in [1.165, 1.54) is 13.3 Å². The van der Waals surface area contributed by atoms with Gasteiger partial charge in [-0.05, 0) is 11.1 Å². The normalized spacial score (nSPS) is 13.0. The summed E-state index contributed by atoms with van der Waals surface area (Å²) in [6, 6.07) is 1.99. The maximum atomic E-state index is 15.8. The van der Waals surface area contributed by atoms with Crippen LogP contribution in [-0.2, 0) is 18.0 Å². The van der Waals surface area contributed by atoms with E-state index in [4.69, 9.17) is 15.2 Å². The van der Waals surface area contributed by atoms with Crippen LogP contribution in [0.3, 0.4) is 0 Å². The molecule has 0 saturated carbocycles. The molecule has 3 aromatic heterocycles. The van der Waals surface area contributed by atoms with E-state index in [1.807, 2.05) is 6.07 Å². The summed E-state index contributed by atoms with van der Waals surface area (Å²) in [7, 11) is 1.38. The number of nitrogen functional groups attached to an aromatic ring is 1. The second-order valence-corrected chi connectivity index (χ2v) is 7.42. The van der Waals surface area contributed by atoms with Crippen LogP contribution < -0.4 is 10.5 Å². The third-order valence-corrected chi connectivity index (χ3v) is 5.93. The molecule has 29 heavy (non-hydrogen) atoms. The fourth-order valence-corrected chi connectivity index (χ4v) is 4.55. The zero-order chi connectivity index (χ0) is 20.3. The van der Waals surface area contributed by atoms with Crippen molar-refractivity contribution in [2.75, 3.05) is 12.8 Å². The number of fused-ring (bicyclic) bond motifs is 4. The lowest BCUT2D eigenvalue weighted by molar-refractivity contribution is 0.135. The highest BCUT2D eigenvalue weighted by molar-refractivity contribution is 7.23. The van der Waals surface area contributed by atoms with Crippen LogP contribution in [-0.4, -0.2) is 22.1 Å². The molecule has 0 atom stereocenters. The summed E-state index contributed by atoms with van der Waals surface area (Å²) in [5, 5.41) is 10.4. The van der Waals surface area contributed by atoms with Crippen LogP contribution >= 0.6 is 11.3 Å². The number of methoxy groups -OCH3 is 1. The molecule has 1 aliphatic rings. The van der Waals surface area contributed by atoms with Crippen molar-refractivity contribution in [2.45, 2.75) is 13.2 Å². The van der Waals surface area contributed by atoms with E-state index >= 15 is 4.39 Å². The lowest BCUT2D eigenvalue weighted by atomic mass is 9.94. The van der Waals surface area contributed by atoms with Gasteiger partial charge in [0, 0.05) is 22.5 Å². The fourth-order valence-electron chi connectivity index (χ4n) is 3.63. The first-order valence-corrected chi connectivity index (χ1v) is 9.25. The molecule has 0 fully saturated rings. The number of nitrogens with zero attached hydrogens (tertiary/aromatic N) is 4. The SMILES string of the molecule is COc1ncc2c3c(c(-c4ncc(F)c5sc(N)c(C#N)c45)c(F)c2n1)COC3. The minimum absolute atomic E-state index is 0.0101. The van der Waals surface area contributed by atoms with Crippen molar-refractivity contribution in [2.24, 2.45) is 0 Å². The number of halogens is 2. The Morgan fingerprint density at radius 2 is 2.03 bits per heavy atom. The summed E-state index contributed by atoms with van der Waals surface area (Å²) in [4.78, 5) is 12.4. The van der Waals surface area contributed by atoms with Crippen LogP contribution in [0, 0.1) is 23.0 Å². The number of nitriles is 1. The summed E-state index contributed by atoms with van der Waals surface area (Å²) in [5.41, 5.74) is 7.55. The Balaban J connectivity index is 1.96. The molecular formula is C19H11F2N5O2S. The van der Waals surface area contributed by atoms with Crippen LogP contribution in [0.5, 0.6) is 6.01 Å². The Labute approximate surface area is 166 Å². The molecule has 0 bridgehead atoms. The first-order chi connectivity index (χ1) is 14.0. The summed E-state index contributed by atoms with van der Waals surface area (Å²) >= 11 is 0.929. The molecule has 0 saturated heterocycles. The van der Waals surface area contributed by atoms with E-state index < -0.39 is 11.6 Å². The van der Waals surface area contributed by atoms with Crippen LogP contribution in [0.4, 0.5) is 13.8 Å². The van der Waals surface area contributed by atoms with Crippen molar-refractivity contribution in [1.29, 1.82) is 5.26 Å². The van der Waals surface area contributed by atoms with E-state index in [2.05, 4.69) is 15.0 Å². The Bertz CT molecular complexity index is 1380. The van der Waals surface area contributed by atoms with Gasteiger partial charge in [0.25, 0.3) is 0 Å². The van der Waals surface area contributed by atoms with Gasteiger partial charge in [0.05, 0.1) is 42.5 Å². The van der Waals surface area contributed by atoms with Gasteiger partial charge in [0.15, 0.2) is 11.6 Å². The van der Waals surface area contributed by atoms with E-state index in [0.29, 0.717) is 10.9 Å². The van der Waals surface area contributed by atoms with Crippen LogP contribution in [0.15, 0.2) is 12.4 Å². The summed E-state index contributed by atoms with van der Waals surface area (Å²) in [5.74, 6) is -1.29. The number of pyridine rings is 1. The monoisotopic (exact) mass is 411 g/mol. The molecule has 0 spiro atoms. The molecule has 0 aliphatic carbocycles. The Morgan fingerprint density at radius 1 is 1.24 bits per heavy atom. The minimum atomic E-state index is -0.668. The number of aromatic nitrogens is 3. The van der Waals surface area contributed by atoms with Gasteiger partial charge >= 0.3 is 6.01 Å². The fraction of sp³-hybridized carbons (Fsp3) is 0.158. The van der Waals surface area contributed by atoms with Crippen molar-refractivity contribution in [3.05, 3.63) is 40.7 Å². The van der Waals surface area contributed by atoms with Gasteiger partial charge in [-0.15, -0.1) is 11.3 Å². The molecule has 2 N–H and O–H groups in total. The van der Waals surface area contributed by atoms with Gasteiger partial charge in [0.2, 0.25) is 0 Å². The summed E-state index contributed by atoms with van der Waals surface area (Å²) < 4.78 is 40.8. The lowest BCUT2D eigenvalue weighted by Gasteiger charge is -2.13. The molecule has 0 radical (unpaired) electrons. The van der Waals surface area contributed by atoms with Crippen LogP contribution in [0.2, 0.25) is 0 Å². The Morgan fingerprint density at radius 3 is 2.79 bits per heavy atom. The first kappa shape index (κ1) is 17.7. The maximum absolute atomic E-state index is 15.8. The smallest absolute Gasteiger partial charge is 0.316 e. The van der Waals surface area contributed by atoms with Crippen molar-refractivity contribution >= 4 is 37.3 Å². The van der Waals surface area contributed by atoms with Crippen molar-refractivity contribution in [3.8, 4) is 23.3 Å². The largest absolute Gasteiger partial charge is 0.467 e. The summed E-state index contributed by atoms with van der Waals surface area (Å²) in [6.45, 7) is 0.391. The third-order valence-electron chi connectivity index (χ3n) is 4.91. The number of anilines is 1. The predicted molar refractivity (Wildman–Crippen MR) is 102 cm³/mol. The van der Waals surface area contributed by atoms with Gasteiger partial charge in [-0.3, -0.25) is 4.98 Å². The van der Waals surface area contributed by atoms with E-state index in [-0.39, 0.29) is 56.6 Å². The molecule has 5 rings (SSSR count).